The van der Waals surface area contributed by atoms with Crippen molar-refractivity contribution in [3.05, 3.63) is 65.4 Å². The number of piperazine rings is 1. The largest absolute Gasteiger partial charge is 0.494 e. The van der Waals surface area contributed by atoms with Crippen LogP contribution in [0.3, 0.4) is 0 Å². The molecule has 2 amide bonds. The van der Waals surface area contributed by atoms with Gasteiger partial charge in [-0.25, -0.2) is 0 Å². The van der Waals surface area contributed by atoms with E-state index in [1.165, 1.54) is 14.2 Å². The number of rotatable bonds is 7. The summed E-state index contributed by atoms with van der Waals surface area (Å²) < 4.78 is 16.5. The second-order valence-electron chi connectivity index (χ2n) is 8.58. The normalized spacial score (nSPS) is 20.1. The maximum absolute atomic E-state index is 13.7. The minimum absolute atomic E-state index is 0.0264. The summed E-state index contributed by atoms with van der Waals surface area (Å²) in [4.78, 5) is 34.2. The van der Waals surface area contributed by atoms with E-state index < -0.39 is 18.4 Å². The lowest BCUT2D eigenvalue weighted by Crippen LogP contribution is -2.64. The van der Waals surface area contributed by atoms with Crippen molar-refractivity contribution in [2.75, 3.05) is 33.9 Å². The fraction of sp³-hybridized carbons (Fsp3) is 0.385. The van der Waals surface area contributed by atoms with E-state index in [9.17, 15) is 9.59 Å². The predicted octanol–water partition coefficient (Wildman–Crippen LogP) is 2.87. The molecule has 178 valence electrons. The Labute approximate surface area is 198 Å². The number of nitrogens with one attached hydrogen (secondary N) is 1. The lowest BCUT2D eigenvalue weighted by atomic mass is 9.86. The monoisotopic (exact) mass is 463 g/mol. The van der Waals surface area contributed by atoms with E-state index in [4.69, 9.17) is 14.2 Å². The molecule has 1 aromatic heterocycles. The van der Waals surface area contributed by atoms with Crippen LogP contribution in [0.15, 0.2) is 48.5 Å². The fourth-order valence-corrected chi connectivity index (χ4v) is 5.22. The average Bonchev–Trinajstić information content (AvgIpc) is 3.23. The number of carbonyl (C=O) groups is 2. The zero-order valence-corrected chi connectivity index (χ0v) is 19.6. The molecule has 2 aromatic carbocycles. The Morgan fingerprint density at radius 1 is 1.06 bits per heavy atom. The van der Waals surface area contributed by atoms with Crippen LogP contribution in [0.5, 0.6) is 5.75 Å². The van der Waals surface area contributed by atoms with Gasteiger partial charge in [0.2, 0.25) is 11.8 Å². The molecule has 0 spiro atoms. The second-order valence-corrected chi connectivity index (χ2v) is 8.58. The van der Waals surface area contributed by atoms with Crippen molar-refractivity contribution in [2.45, 2.75) is 31.7 Å². The highest BCUT2D eigenvalue weighted by molar-refractivity contribution is 5.97. The highest BCUT2D eigenvalue weighted by Gasteiger charge is 2.49. The van der Waals surface area contributed by atoms with Gasteiger partial charge in [0, 0.05) is 42.8 Å². The van der Waals surface area contributed by atoms with E-state index in [1.807, 2.05) is 49.4 Å². The van der Waals surface area contributed by atoms with Gasteiger partial charge < -0.3 is 29.0 Å². The first-order chi connectivity index (χ1) is 16.6. The molecule has 3 heterocycles. The SMILES string of the molecule is CCOc1ccccc1[C@H]1c2[nH]c3ccccc3c2C[C@H]2C(=O)N(CC(OC)OC)CC(=O)N12. The van der Waals surface area contributed by atoms with Gasteiger partial charge in [0.25, 0.3) is 0 Å². The fourth-order valence-electron chi connectivity index (χ4n) is 5.22. The van der Waals surface area contributed by atoms with Crippen molar-refractivity contribution in [1.29, 1.82) is 0 Å². The molecule has 2 aliphatic rings. The van der Waals surface area contributed by atoms with Crippen molar-refractivity contribution >= 4 is 22.7 Å². The van der Waals surface area contributed by atoms with Gasteiger partial charge in [-0.15, -0.1) is 0 Å². The minimum Gasteiger partial charge on any atom is -0.494 e. The number of ether oxygens (including phenoxy) is 3. The Kier molecular flexibility index (Phi) is 6.02. The van der Waals surface area contributed by atoms with E-state index >= 15 is 0 Å². The van der Waals surface area contributed by atoms with Gasteiger partial charge in [0.15, 0.2) is 6.29 Å². The van der Waals surface area contributed by atoms with Gasteiger partial charge in [-0.1, -0.05) is 36.4 Å². The number of fused-ring (bicyclic) bond motifs is 4. The maximum atomic E-state index is 13.7. The number of amides is 2. The van der Waals surface area contributed by atoms with Crippen molar-refractivity contribution in [2.24, 2.45) is 0 Å². The molecule has 8 heteroatoms. The Morgan fingerprint density at radius 2 is 1.79 bits per heavy atom. The number of methoxy groups -OCH3 is 2. The average molecular weight is 464 g/mol. The molecular formula is C26H29N3O5. The number of hydrogen-bond donors (Lipinski definition) is 1. The number of aromatic nitrogens is 1. The highest BCUT2D eigenvalue weighted by Crippen LogP contribution is 2.44. The van der Waals surface area contributed by atoms with E-state index in [0.717, 1.165) is 27.7 Å². The zero-order valence-electron chi connectivity index (χ0n) is 19.6. The molecule has 34 heavy (non-hydrogen) atoms. The van der Waals surface area contributed by atoms with Gasteiger partial charge in [0.05, 0.1) is 13.2 Å². The summed E-state index contributed by atoms with van der Waals surface area (Å²) in [6.45, 7) is 2.61. The molecule has 1 fully saturated rings. The predicted molar refractivity (Wildman–Crippen MR) is 126 cm³/mol. The Bertz CT molecular complexity index is 1220. The van der Waals surface area contributed by atoms with E-state index in [0.29, 0.717) is 18.8 Å². The molecule has 1 N–H and O–H groups in total. The molecule has 0 saturated carbocycles. The number of nitrogens with zero attached hydrogens (tertiary/aromatic N) is 2. The van der Waals surface area contributed by atoms with Gasteiger partial charge in [-0.2, -0.15) is 0 Å². The smallest absolute Gasteiger partial charge is 0.246 e. The van der Waals surface area contributed by atoms with Gasteiger partial charge >= 0.3 is 0 Å². The highest BCUT2D eigenvalue weighted by atomic mass is 16.7. The lowest BCUT2D eigenvalue weighted by molar-refractivity contribution is -0.167. The van der Waals surface area contributed by atoms with Crippen LogP contribution < -0.4 is 4.74 Å². The number of benzene rings is 2. The van der Waals surface area contributed by atoms with E-state index in [-0.39, 0.29) is 24.9 Å². The van der Waals surface area contributed by atoms with E-state index in [1.54, 1.807) is 9.80 Å². The molecule has 0 bridgehead atoms. The second kappa shape index (κ2) is 9.12. The van der Waals surface area contributed by atoms with Crippen molar-refractivity contribution in [3.63, 3.8) is 0 Å². The first kappa shape index (κ1) is 22.4. The van der Waals surface area contributed by atoms with Crippen molar-refractivity contribution in [1.82, 2.24) is 14.8 Å². The molecule has 0 radical (unpaired) electrons. The summed E-state index contributed by atoms with van der Waals surface area (Å²) in [5, 5.41) is 1.07. The number of aromatic amines is 1. The first-order valence-corrected chi connectivity index (χ1v) is 11.5. The third kappa shape index (κ3) is 3.63. The molecule has 8 nitrogen and oxygen atoms in total. The Balaban J connectivity index is 1.65. The Morgan fingerprint density at radius 3 is 2.56 bits per heavy atom. The number of H-pyrrole nitrogens is 1. The third-order valence-electron chi connectivity index (χ3n) is 6.75. The summed E-state index contributed by atoms with van der Waals surface area (Å²) in [7, 11) is 3.05. The van der Waals surface area contributed by atoms with Gasteiger partial charge in [-0.05, 0) is 24.6 Å². The molecule has 2 atom stereocenters. The number of para-hydroxylation sites is 2. The molecule has 1 saturated heterocycles. The first-order valence-electron chi connectivity index (χ1n) is 11.5. The standard InChI is InChI=1S/C26H29N3O5/c1-4-34-21-12-8-6-10-17(21)25-24-18(16-9-5-7-11-19(16)27-24)13-20-26(31)28(14-22(30)29(20)25)15-23(32-2)33-3/h5-12,20,23,25,27H,4,13-15H2,1-3H3/t20-,25-/m0/s1. The van der Waals surface area contributed by atoms with Crippen LogP contribution >= 0.6 is 0 Å². The molecule has 0 unspecified atom stereocenters. The van der Waals surface area contributed by atoms with Crippen LogP contribution in [0, 0.1) is 0 Å². The topological polar surface area (TPSA) is 84.1 Å². The van der Waals surface area contributed by atoms with Gasteiger partial charge in [-0.3, -0.25) is 9.59 Å². The molecule has 0 aliphatic carbocycles. The zero-order chi connectivity index (χ0) is 23.8. The minimum atomic E-state index is -0.623. The molecule has 5 rings (SSSR count). The summed E-state index contributed by atoms with van der Waals surface area (Å²) >= 11 is 0. The lowest BCUT2D eigenvalue weighted by Gasteiger charge is -2.47. The quantitative estimate of drug-likeness (QED) is 0.545. The number of hydrogen-bond acceptors (Lipinski definition) is 5. The van der Waals surface area contributed by atoms with Crippen LogP contribution in [0.4, 0.5) is 0 Å². The summed E-state index contributed by atoms with van der Waals surface area (Å²) in [6, 6.07) is 14.7. The van der Waals surface area contributed by atoms with Crippen molar-refractivity contribution in [3.8, 4) is 5.75 Å². The van der Waals surface area contributed by atoms with Crippen LogP contribution in [0.1, 0.15) is 29.8 Å². The third-order valence-corrected chi connectivity index (χ3v) is 6.75. The number of carbonyl (C=O) groups excluding carboxylic acids is 2. The molecular weight excluding hydrogens is 434 g/mol. The summed E-state index contributed by atoms with van der Waals surface area (Å²) in [6.07, 6.45) is -0.150. The van der Waals surface area contributed by atoms with Crippen LogP contribution in [0.2, 0.25) is 0 Å². The maximum Gasteiger partial charge on any atom is 0.246 e. The summed E-state index contributed by atoms with van der Waals surface area (Å²) in [5.41, 5.74) is 3.85. The van der Waals surface area contributed by atoms with Gasteiger partial charge in [0.1, 0.15) is 24.4 Å². The molecule has 3 aromatic rings. The van der Waals surface area contributed by atoms with Crippen molar-refractivity contribution < 1.29 is 23.8 Å². The van der Waals surface area contributed by atoms with E-state index in [2.05, 4.69) is 11.1 Å². The molecule has 2 aliphatic heterocycles. The van der Waals surface area contributed by atoms with Crippen LogP contribution in [-0.4, -0.2) is 72.8 Å². The van der Waals surface area contributed by atoms with Crippen LogP contribution in [0.25, 0.3) is 10.9 Å². The van der Waals surface area contributed by atoms with Crippen LogP contribution in [-0.2, 0) is 25.5 Å². The Hall–Kier alpha value is -3.36. The summed E-state index contributed by atoms with van der Waals surface area (Å²) in [5.74, 6) is 0.492.